The van der Waals surface area contributed by atoms with Crippen LogP contribution in [-0.4, -0.2) is 4.98 Å². The maximum Gasteiger partial charge on any atom is 0.147 e. The summed E-state index contributed by atoms with van der Waals surface area (Å²) >= 11 is 12.2. The van der Waals surface area contributed by atoms with E-state index in [1.807, 2.05) is 37.3 Å². The minimum Gasteiger partial charge on any atom is -0.359 e. The van der Waals surface area contributed by atoms with Crippen LogP contribution in [0.2, 0.25) is 10.0 Å². The molecule has 0 unspecified atom stereocenters. The molecule has 0 radical (unpaired) electrons. The van der Waals surface area contributed by atoms with Crippen molar-refractivity contribution < 1.29 is 4.39 Å². The Morgan fingerprint density at radius 2 is 2.00 bits per heavy atom. The maximum absolute atomic E-state index is 14.1. The Hall–Kier alpha value is -1.77. The number of aromatic nitrogens is 1. The Morgan fingerprint density at radius 1 is 1.18 bits per heavy atom. The molecule has 0 saturated carbocycles. The molecular formula is C18H14Cl2FN. The molecule has 3 aromatic rings. The molecule has 112 valence electrons. The van der Waals surface area contributed by atoms with Crippen LogP contribution >= 0.6 is 23.2 Å². The van der Waals surface area contributed by atoms with Gasteiger partial charge in [0.05, 0.1) is 5.52 Å². The zero-order chi connectivity index (χ0) is 15.7. The first-order valence-corrected chi connectivity index (χ1v) is 7.76. The van der Waals surface area contributed by atoms with Crippen molar-refractivity contribution >= 4 is 45.8 Å². The molecule has 0 bridgehead atoms. The van der Waals surface area contributed by atoms with Crippen molar-refractivity contribution in [3.8, 4) is 0 Å². The number of hydrogen-bond acceptors (Lipinski definition) is 0. The van der Waals surface area contributed by atoms with E-state index in [1.54, 1.807) is 12.3 Å². The van der Waals surface area contributed by atoms with Crippen molar-refractivity contribution in [2.45, 2.75) is 13.3 Å². The smallest absolute Gasteiger partial charge is 0.147 e. The highest BCUT2D eigenvalue weighted by Crippen LogP contribution is 2.31. The third kappa shape index (κ3) is 2.90. The second kappa shape index (κ2) is 6.15. The van der Waals surface area contributed by atoms with E-state index < -0.39 is 0 Å². The van der Waals surface area contributed by atoms with Crippen molar-refractivity contribution in [2.75, 3.05) is 0 Å². The van der Waals surface area contributed by atoms with E-state index in [9.17, 15) is 4.39 Å². The van der Waals surface area contributed by atoms with Gasteiger partial charge in [0.1, 0.15) is 5.82 Å². The van der Waals surface area contributed by atoms with Gasteiger partial charge in [0, 0.05) is 21.6 Å². The van der Waals surface area contributed by atoms with Gasteiger partial charge in [-0.15, -0.1) is 0 Å². The van der Waals surface area contributed by atoms with Gasteiger partial charge in [-0.25, -0.2) is 4.39 Å². The summed E-state index contributed by atoms with van der Waals surface area (Å²) in [6, 6.07) is 10.8. The van der Waals surface area contributed by atoms with Crippen LogP contribution in [0.25, 0.3) is 22.6 Å². The van der Waals surface area contributed by atoms with Gasteiger partial charge in [-0.1, -0.05) is 42.3 Å². The third-order valence-corrected chi connectivity index (χ3v) is 4.18. The Balaban J connectivity index is 2.09. The molecule has 0 amide bonds. The average molecular weight is 334 g/mol. The van der Waals surface area contributed by atoms with Crippen LogP contribution in [-0.2, 0) is 0 Å². The SMILES string of the molecule is CC/C(=C\c1cc(F)c2[nH]ccc2c1)c1ccc(Cl)cc1Cl. The zero-order valence-electron chi connectivity index (χ0n) is 12.0. The second-order valence-electron chi connectivity index (χ2n) is 5.09. The molecule has 2 aromatic carbocycles. The minimum absolute atomic E-state index is 0.258. The molecule has 0 saturated heterocycles. The maximum atomic E-state index is 14.1. The predicted octanol–water partition coefficient (Wildman–Crippen LogP) is 6.56. The number of rotatable bonds is 3. The molecule has 0 fully saturated rings. The van der Waals surface area contributed by atoms with E-state index in [0.717, 1.165) is 28.5 Å². The topological polar surface area (TPSA) is 15.8 Å². The monoisotopic (exact) mass is 333 g/mol. The number of hydrogen-bond donors (Lipinski definition) is 1. The highest BCUT2D eigenvalue weighted by molar-refractivity contribution is 6.35. The number of aromatic amines is 1. The van der Waals surface area contributed by atoms with Gasteiger partial charge in [0.15, 0.2) is 0 Å². The lowest BCUT2D eigenvalue weighted by Crippen LogP contribution is -1.87. The molecule has 3 rings (SSSR count). The fraction of sp³-hybridized carbons (Fsp3) is 0.111. The van der Waals surface area contributed by atoms with Gasteiger partial charge < -0.3 is 4.98 Å². The Bertz CT molecular complexity index is 865. The van der Waals surface area contributed by atoms with E-state index in [2.05, 4.69) is 4.98 Å². The van der Waals surface area contributed by atoms with Crippen molar-refractivity contribution in [1.29, 1.82) is 0 Å². The molecule has 22 heavy (non-hydrogen) atoms. The molecule has 0 aliphatic heterocycles. The summed E-state index contributed by atoms with van der Waals surface area (Å²) in [7, 11) is 0. The second-order valence-corrected chi connectivity index (χ2v) is 5.94. The van der Waals surface area contributed by atoms with E-state index in [-0.39, 0.29) is 5.82 Å². The molecule has 1 heterocycles. The van der Waals surface area contributed by atoms with Crippen molar-refractivity contribution in [1.82, 2.24) is 4.98 Å². The average Bonchev–Trinajstić information content (AvgIpc) is 2.94. The highest BCUT2D eigenvalue weighted by atomic mass is 35.5. The largest absolute Gasteiger partial charge is 0.359 e. The van der Waals surface area contributed by atoms with Crippen molar-refractivity contribution in [2.24, 2.45) is 0 Å². The summed E-state index contributed by atoms with van der Waals surface area (Å²) in [6.45, 7) is 2.04. The Kier molecular flexibility index (Phi) is 4.23. The van der Waals surface area contributed by atoms with Gasteiger partial charge in [-0.3, -0.25) is 0 Å². The zero-order valence-corrected chi connectivity index (χ0v) is 13.5. The van der Waals surface area contributed by atoms with Gasteiger partial charge in [-0.05, 0) is 53.5 Å². The quantitative estimate of drug-likeness (QED) is 0.522. The summed E-state index contributed by atoms with van der Waals surface area (Å²) in [4.78, 5) is 2.90. The number of benzene rings is 2. The van der Waals surface area contributed by atoms with Crippen molar-refractivity contribution in [3.63, 3.8) is 0 Å². The first-order valence-electron chi connectivity index (χ1n) is 7.01. The third-order valence-electron chi connectivity index (χ3n) is 3.63. The molecule has 0 aliphatic carbocycles. The van der Waals surface area contributed by atoms with Crippen LogP contribution in [0.15, 0.2) is 42.6 Å². The van der Waals surface area contributed by atoms with Gasteiger partial charge >= 0.3 is 0 Å². The molecular weight excluding hydrogens is 320 g/mol. The minimum atomic E-state index is -0.258. The van der Waals surface area contributed by atoms with Crippen LogP contribution in [0.5, 0.6) is 0 Å². The lowest BCUT2D eigenvalue weighted by atomic mass is 10.00. The van der Waals surface area contributed by atoms with Gasteiger partial charge in [-0.2, -0.15) is 0 Å². The normalized spacial score (nSPS) is 12.1. The first-order chi connectivity index (χ1) is 10.6. The van der Waals surface area contributed by atoms with E-state index in [4.69, 9.17) is 23.2 Å². The van der Waals surface area contributed by atoms with E-state index >= 15 is 0 Å². The summed E-state index contributed by atoms with van der Waals surface area (Å²) in [6.07, 6.45) is 4.48. The van der Waals surface area contributed by atoms with Crippen LogP contribution in [0.3, 0.4) is 0 Å². The molecule has 0 aliphatic rings. The lowest BCUT2D eigenvalue weighted by Gasteiger charge is -2.09. The summed E-state index contributed by atoms with van der Waals surface area (Å²) < 4.78 is 14.1. The summed E-state index contributed by atoms with van der Waals surface area (Å²) in [5, 5.41) is 2.05. The molecule has 0 spiro atoms. The predicted molar refractivity (Wildman–Crippen MR) is 92.9 cm³/mol. The van der Waals surface area contributed by atoms with Gasteiger partial charge in [0.25, 0.3) is 0 Å². The fourth-order valence-corrected chi connectivity index (χ4v) is 3.08. The number of nitrogens with one attached hydrogen (secondary N) is 1. The summed E-state index contributed by atoms with van der Waals surface area (Å²) in [5.41, 5.74) is 3.30. The standard InChI is InChI=1S/C18H14Cl2FN/c1-2-12(15-4-3-14(19)10-16(15)20)7-11-8-13-5-6-22-18(13)17(21)9-11/h3-10,22H,2H2,1H3/b12-7+. The number of halogens is 3. The molecule has 4 heteroatoms. The molecule has 1 nitrogen and oxygen atoms in total. The fourth-order valence-electron chi connectivity index (χ4n) is 2.55. The van der Waals surface area contributed by atoms with Crippen LogP contribution in [0.4, 0.5) is 4.39 Å². The Morgan fingerprint density at radius 3 is 2.73 bits per heavy atom. The van der Waals surface area contributed by atoms with E-state index in [1.165, 1.54) is 6.07 Å². The highest BCUT2D eigenvalue weighted by Gasteiger charge is 2.08. The van der Waals surface area contributed by atoms with Crippen LogP contribution in [0.1, 0.15) is 24.5 Å². The molecule has 0 atom stereocenters. The molecule has 1 N–H and O–H groups in total. The number of fused-ring (bicyclic) bond motifs is 1. The van der Waals surface area contributed by atoms with Crippen LogP contribution in [0, 0.1) is 5.82 Å². The number of allylic oxidation sites excluding steroid dienone is 1. The lowest BCUT2D eigenvalue weighted by molar-refractivity contribution is 0.637. The van der Waals surface area contributed by atoms with Crippen LogP contribution < -0.4 is 0 Å². The van der Waals surface area contributed by atoms with Crippen molar-refractivity contribution in [3.05, 3.63) is 69.6 Å². The first kappa shape index (κ1) is 15.1. The molecule has 1 aromatic heterocycles. The Labute approximate surface area is 138 Å². The van der Waals surface area contributed by atoms with E-state index in [0.29, 0.717) is 15.6 Å². The van der Waals surface area contributed by atoms with Gasteiger partial charge in [0.2, 0.25) is 0 Å². The number of H-pyrrole nitrogens is 1. The summed E-state index contributed by atoms with van der Waals surface area (Å²) in [5.74, 6) is -0.258.